The van der Waals surface area contributed by atoms with Gasteiger partial charge < -0.3 is 9.47 Å². The second-order valence-corrected chi connectivity index (χ2v) is 5.51. The third kappa shape index (κ3) is 2.83. The van der Waals surface area contributed by atoms with E-state index in [9.17, 15) is 4.79 Å². The summed E-state index contributed by atoms with van der Waals surface area (Å²) in [5.74, 6) is 0.897. The van der Waals surface area contributed by atoms with Crippen molar-refractivity contribution < 1.29 is 14.3 Å². The number of rotatable bonds is 3. The Morgan fingerprint density at radius 1 is 1.00 bits per heavy atom. The minimum atomic E-state index is -0.380. The molecule has 0 heterocycles. The van der Waals surface area contributed by atoms with Crippen LogP contribution in [0, 0.1) is 0 Å². The predicted octanol–water partition coefficient (Wildman–Crippen LogP) is 4.83. The van der Waals surface area contributed by atoms with Crippen LogP contribution in [0.25, 0.3) is 10.8 Å². The molecule has 3 nitrogen and oxygen atoms in total. The standard InChI is InChI=1S/C18H13BrO3/c1-21-14-8-9-15-13(11-14)7-10-16(17(15)19)22-18(20)12-5-3-2-4-6-12/h2-11H,1H3. The SMILES string of the molecule is COc1ccc2c(Br)c(OC(=O)c3ccccc3)ccc2c1. The zero-order valence-corrected chi connectivity index (χ0v) is 13.5. The van der Waals surface area contributed by atoms with Crippen molar-refractivity contribution >= 4 is 32.7 Å². The molecule has 0 aliphatic rings. The van der Waals surface area contributed by atoms with Gasteiger partial charge in [0.1, 0.15) is 11.5 Å². The van der Waals surface area contributed by atoms with Crippen LogP contribution >= 0.6 is 15.9 Å². The highest BCUT2D eigenvalue weighted by atomic mass is 79.9. The average molecular weight is 357 g/mol. The number of hydrogen-bond donors (Lipinski definition) is 0. The second-order valence-electron chi connectivity index (χ2n) is 4.72. The first-order valence-corrected chi connectivity index (χ1v) is 7.52. The van der Waals surface area contributed by atoms with Gasteiger partial charge in [-0.05, 0) is 63.1 Å². The molecule has 3 rings (SSSR count). The maximum atomic E-state index is 12.1. The van der Waals surface area contributed by atoms with Crippen molar-refractivity contribution in [3.8, 4) is 11.5 Å². The largest absolute Gasteiger partial charge is 0.497 e. The Labute approximate surface area is 136 Å². The predicted molar refractivity (Wildman–Crippen MR) is 89.6 cm³/mol. The topological polar surface area (TPSA) is 35.5 Å². The van der Waals surface area contributed by atoms with Gasteiger partial charge in [0, 0.05) is 0 Å². The van der Waals surface area contributed by atoms with Crippen molar-refractivity contribution in [2.45, 2.75) is 0 Å². The Morgan fingerprint density at radius 3 is 2.50 bits per heavy atom. The van der Waals surface area contributed by atoms with E-state index in [4.69, 9.17) is 9.47 Å². The van der Waals surface area contributed by atoms with E-state index in [0.717, 1.165) is 21.0 Å². The molecular weight excluding hydrogens is 344 g/mol. The molecule has 0 aliphatic heterocycles. The minimum absolute atomic E-state index is 0.380. The first-order chi connectivity index (χ1) is 10.7. The Bertz CT molecular complexity index is 828. The van der Waals surface area contributed by atoms with Crippen molar-refractivity contribution in [1.82, 2.24) is 0 Å². The number of carbonyl (C=O) groups is 1. The normalized spacial score (nSPS) is 10.5. The van der Waals surface area contributed by atoms with E-state index in [-0.39, 0.29) is 5.97 Å². The average Bonchev–Trinajstić information content (AvgIpc) is 2.57. The molecule has 0 atom stereocenters. The molecule has 4 heteroatoms. The van der Waals surface area contributed by atoms with Crippen LogP contribution < -0.4 is 9.47 Å². The van der Waals surface area contributed by atoms with E-state index in [2.05, 4.69) is 15.9 Å². The van der Waals surface area contributed by atoms with Gasteiger partial charge in [-0.25, -0.2) is 4.79 Å². The van der Waals surface area contributed by atoms with Crippen LogP contribution in [0.5, 0.6) is 11.5 Å². The number of fused-ring (bicyclic) bond motifs is 1. The monoisotopic (exact) mass is 356 g/mol. The molecule has 0 fully saturated rings. The van der Waals surface area contributed by atoms with Crippen LogP contribution in [-0.2, 0) is 0 Å². The summed E-state index contributed by atoms with van der Waals surface area (Å²) in [6, 6.07) is 18.3. The van der Waals surface area contributed by atoms with E-state index in [1.807, 2.05) is 30.3 Å². The van der Waals surface area contributed by atoms with Gasteiger partial charge in [-0.2, -0.15) is 0 Å². The summed E-state index contributed by atoms with van der Waals surface area (Å²) in [5, 5.41) is 1.96. The number of carbonyl (C=O) groups excluding carboxylic acids is 1. The molecule has 22 heavy (non-hydrogen) atoms. The van der Waals surface area contributed by atoms with E-state index in [1.165, 1.54) is 0 Å². The summed E-state index contributed by atoms with van der Waals surface area (Å²) in [6.07, 6.45) is 0. The first kappa shape index (κ1) is 14.6. The molecule has 0 aromatic heterocycles. The maximum Gasteiger partial charge on any atom is 0.343 e. The molecule has 110 valence electrons. The van der Waals surface area contributed by atoms with Gasteiger partial charge in [-0.3, -0.25) is 0 Å². The molecule has 0 bridgehead atoms. The molecule has 3 aromatic carbocycles. The first-order valence-electron chi connectivity index (χ1n) is 6.72. The zero-order valence-electron chi connectivity index (χ0n) is 11.9. The zero-order chi connectivity index (χ0) is 15.5. The van der Waals surface area contributed by atoms with E-state index < -0.39 is 0 Å². The third-order valence-corrected chi connectivity index (χ3v) is 4.16. The van der Waals surface area contributed by atoms with E-state index >= 15 is 0 Å². The van der Waals surface area contributed by atoms with Crippen LogP contribution in [0.2, 0.25) is 0 Å². The van der Waals surface area contributed by atoms with Gasteiger partial charge in [0.15, 0.2) is 0 Å². The lowest BCUT2D eigenvalue weighted by atomic mass is 10.1. The summed E-state index contributed by atoms with van der Waals surface area (Å²) >= 11 is 3.51. The van der Waals surface area contributed by atoms with Gasteiger partial charge in [-0.15, -0.1) is 0 Å². The van der Waals surface area contributed by atoms with Crippen molar-refractivity contribution in [1.29, 1.82) is 0 Å². The Hall–Kier alpha value is -2.33. The summed E-state index contributed by atoms with van der Waals surface area (Å²) < 4.78 is 11.4. The Balaban J connectivity index is 1.95. The molecule has 0 spiro atoms. The fourth-order valence-corrected chi connectivity index (χ4v) is 2.76. The number of benzene rings is 3. The van der Waals surface area contributed by atoms with Crippen molar-refractivity contribution in [3.63, 3.8) is 0 Å². The molecule has 0 unspecified atom stereocenters. The minimum Gasteiger partial charge on any atom is -0.497 e. The summed E-state index contributed by atoms with van der Waals surface area (Å²) in [7, 11) is 1.63. The molecule has 0 saturated heterocycles. The third-order valence-electron chi connectivity index (χ3n) is 3.34. The highest BCUT2D eigenvalue weighted by Gasteiger charge is 2.12. The lowest BCUT2D eigenvalue weighted by Gasteiger charge is -2.10. The lowest BCUT2D eigenvalue weighted by molar-refractivity contribution is 0.0734. The van der Waals surface area contributed by atoms with Crippen LogP contribution in [-0.4, -0.2) is 13.1 Å². The highest BCUT2D eigenvalue weighted by molar-refractivity contribution is 9.10. The van der Waals surface area contributed by atoms with E-state index in [0.29, 0.717) is 11.3 Å². The summed E-state index contributed by atoms with van der Waals surface area (Å²) in [4.78, 5) is 12.1. The number of ether oxygens (including phenoxy) is 2. The number of hydrogen-bond acceptors (Lipinski definition) is 3. The van der Waals surface area contributed by atoms with Crippen molar-refractivity contribution in [3.05, 3.63) is 70.7 Å². The maximum absolute atomic E-state index is 12.1. The van der Waals surface area contributed by atoms with Crippen molar-refractivity contribution in [2.75, 3.05) is 7.11 Å². The summed E-state index contributed by atoms with van der Waals surface area (Å²) in [5.41, 5.74) is 0.518. The smallest absolute Gasteiger partial charge is 0.343 e. The molecule has 0 saturated carbocycles. The number of methoxy groups -OCH3 is 1. The lowest BCUT2D eigenvalue weighted by Crippen LogP contribution is -2.08. The number of esters is 1. The number of halogens is 1. The summed E-state index contributed by atoms with van der Waals surface area (Å²) in [6.45, 7) is 0. The van der Waals surface area contributed by atoms with Gasteiger partial charge >= 0.3 is 5.97 Å². The highest BCUT2D eigenvalue weighted by Crippen LogP contribution is 2.35. The Morgan fingerprint density at radius 2 is 1.77 bits per heavy atom. The second kappa shape index (κ2) is 6.20. The van der Waals surface area contributed by atoms with Crippen molar-refractivity contribution in [2.24, 2.45) is 0 Å². The quantitative estimate of drug-likeness (QED) is 0.498. The fraction of sp³-hybridized carbons (Fsp3) is 0.0556. The fourth-order valence-electron chi connectivity index (χ4n) is 2.19. The molecule has 3 aromatic rings. The molecule has 0 N–H and O–H groups in total. The van der Waals surface area contributed by atoms with Crippen LogP contribution in [0.4, 0.5) is 0 Å². The Kier molecular flexibility index (Phi) is 4.11. The van der Waals surface area contributed by atoms with E-state index in [1.54, 1.807) is 37.4 Å². The van der Waals surface area contributed by atoms with Gasteiger partial charge in [-0.1, -0.05) is 24.3 Å². The molecular formula is C18H13BrO3. The van der Waals surface area contributed by atoms with Crippen LogP contribution in [0.15, 0.2) is 65.1 Å². The van der Waals surface area contributed by atoms with Gasteiger partial charge in [0.2, 0.25) is 0 Å². The molecule has 0 amide bonds. The van der Waals surface area contributed by atoms with Gasteiger partial charge in [0.05, 0.1) is 17.1 Å². The van der Waals surface area contributed by atoms with Crippen LogP contribution in [0.3, 0.4) is 0 Å². The molecule has 0 radical (unpaired) electrons. The molecule has 0 aliphatic carbocycles. The van der Waals surface area contributed by atoms with Crippen LogP contribution in [0.1, 0.15) is 10.4 Å². The van der Waals surface area contributed by atoms with Gasteiger partial charge in [0.25, 0.3) is 0 Å².